The highest BCUT2D eigenvalue weighted by Gasteiger charge is 2.25. The molecule has 0 aliphatic carbocycles. The van der Waals surface area contributed by atoms with Gasteiger partial charge in [-0.05, 0) is 53.2 Å². The molecule has 2 aromatic rings. The summed E-state index contributed by atoms with van der Waals surface area (Å²) >= 11 is 6.89. The van der Waals surface area contributed by atoms with Crippen molar-refractivity contribution >= 4 is 46.6 Å². The predicted molar refractivity (Wildman–Crippen MR) is 120 cm³/mol. The molecule has 1 heterocycles. The molecule has 1 fully saturated rings. The maximum absolute atomic E-state index is 11.8. The van der Waals surface area contributed by atoms with E-state index in [1.54, 1.807) is 37.4 Å². The molecule has 1 saturated heterocycles. The van der Waals surface area contributed by atoms with E-state index in [1.165, 1.54) is 13.3 Å². The van der Waals surface area contributed by atoms with Crippen LogP contribution in [0.5, 0.6) is 11.5 Å². The van der Waals surface area contributed by atoms with Crippen molar-refractivity contribution in [3.05, 3.63) is 69.6 Å². The van der Waals surface area contributed by atoms with Crippen molar-refractivity contribution in [1.29, 1.82) is 0 Å². The minimum Gasteiger partial charge on any atom is -0.493 e. The molecule has 0 bridgehead atoms. The van der Waals surface area contributed by atoms with Crippen LogP contribution >= 0.6 is 23.4 Å². The van der Waals surface area contributed by atoms with Gasteiger partial charge in [-0.25, -0.2) is 4.79 Å². The van der Waals surface area contributed by atoms with E-state index in [0.29, 0.717) is 23.1 Å². The standard InChI is InChI=1S/C21H18ClN3O5S/c1-28-17-9-14(5-8-16(17)30-12-13-3-6-15(22)7-4-13)11-23-25-21-24-20(27)18(31-21)10-19(26)29-2/h3-11H,12H2,1-2H3,(H,24,25,27)/b18-10+,23-11?. The molecule has 3 rings (SSSR count). The van der Waals surface area contributed by atoms with Gasteiger partial charge < -0.3 is 14.2 Å². The van der Waals surface area contributed by atoms with Gasteiger partial charge in [0.2, 0.25) is 0 Å². The minimum atomic E-state index is -0.618. The highest BCUT2D eigenvalue weighted by atomic mass is 35.5. The number of esters is 1. The molecule has 0 saturated carbocycles. The number of amides is 1. The molecule has 1 aliphatic rings. The van der Waals surface area contributed by atoms with Crippen molar-refractivity contribution in [3.63, 3.8) is 0 Å². The van der Waals surface area contributed by atoms with Crippen molar-refractivity contribution in [1.82, 2.24) is 5.32 Å². The van der Waals surface area contributed by atoms with Gasteiger partial charge in [-0.2, -0.15) is 5.10 Å². The number of nitrogens with one attached hydrogen (secondary N) is 1. The molecule has 1 amide bonds. The number of carbonyl (C=O) groups is 2. The molecular formula is C21H18ClN3O5S. The predicted octanol–water partition coefficient (Wildman–Crippen LogP) is 3.54. The minimum absolute atomic E-state index is 0.185. The third-order valence-electron chi connectivity index (χ3n) is 3.95. The number of methoxy groups -OCH3 is 2. The molecule has 1 aliphatic heterocycles. The Morgan fingerprint density at radius 3 is 2.65 bits per heavy atom. The average molecular weight is 460 g/mol. The molecule has 10 heteroatoms. The van der Waals surface area contributed by atoms with E-state index in [9.17, 15) is 9.59 Å². The Morgan fingerprint density at radius 2 is 1.94 bits per heavy atom. The van der Waals surface area contributed by atoms with Crippen LogP contribution in [0.1, 0.15) is 11.1 Å². The Hall–Kier alpha value is -3.30. The fraction of sp³-hybridized carbons (Fsp3) is 0.143. The quantitative estimate of drug-likeness (QED) is 0.294. The van der Waals surface area contributed by atoms with Crippen LogP contribution in [0.3, 0.4) is 0 Å². The molecule has 160 valence electrons. The van der Waals surface area contributed by atoms with E-state index in [2.05, 4.69) is 20.3 Å². The molecule has 1 N–H and O–H groups in total. The van der Waals surface area contributed by atoms with Crippen LogP contribution in [-0.2, 0) is 20.9 Å². The van der Waals surface area contributed by atoms with Crippen molar-refractivity contribution < 1.29 is 23.8 Å². The molecule has 0 atom stereocenters. The first-order valence-corrected chi connectivity index (χ1v) is 10.1. The van der Waals surface area contributed by atoms with Gasteiger partial charge in [-0.1, -0.05) is 23.7 Å². The fourth-order valence-electron chi connectivity index (χ4n) is 2.41. The highest BCUT2D eigenvalue weighted by molar-refractivity contribution is 8.18. The lowest BCUT2D eigenvalue weighted by Gasteiger charge is -2.11. The topological polar surface area (TPSA) is 98.6 Å². The first-order chi connectivity index (χ1) is 15.0. The van der Waals surface area contributed by atoms with Crippen LogP contribution in [-0.4, -0.2) is 37.5 Å². The van der Waals surface area contributed by atoms with Crippen LogP contribution in [0.15, 0.2) is 63.6 Å². The van der Waals surface area contributed by atoms with Crippen molar-refractivity contribution in [2.75, 3.05) is 14.2 Å². The maximum atomic E-state index is 11.8. The molecule has 31 heavy (non-hydrogen) atoms. The molecule has 0 unspecified atom stereocenters. The molecule has 2 aromatic carbocycles. The van der Waals surface area contributed by atoms with Crippen LogP contribution in [0.4, 0.5) is 0 Å². The zero-order valence-corrected chi connectivity index (χ0v) is 18.2. The lowest BCUT2D eigenvalue weighted by Crippen LogP contribution is -2.19. The second-order valence-corrected chi connectivity index (χ2v) is 7.53. The van der Waals surface area contributed by atoms with Gasteiger partial charge in [0.05, 0.1) is 25.3 Å². The zero-order valence-electron chi connectivity index (χ0n) is 16.6. The molecular weight excluding hydrogens is 442 g/mol. The number of hydrogen-bond donors (Lipinski definition) is 1. The first kappa shape index (κ1) is 22.4. The first-order valence-electron chi connectivity index (χ1n) is 8.93. The maximum Gasteiger partial charge on any atom is 0.331 e. The third kappa shape index (κ3) is 6.34. The monoisotopic (exact) mass is 459 g/mol. The summed E-state index contributed by atoms with van der Waals surface area (Å²) in [7, 11) is 2.78. The number of amidine groups is 1. The Bertz CT molecular complexity index is 1070. The van der Waals surface area contributed by atoms with E-state index in [-0.39, 0.29) is 10.1 Å². The fourth-order valence-corrected chi connectivity index (χ4v) is 3.28. The van der Waals surface area contributed by atoms with Crippen molar-refractivity contribution in [2.45, 2.75) is 6.61 Å². The summed E-state index contributed by atoms with van der Waals surface area (Å²) in [5.41, 5.74) is 1.70. The summed E-state index contributed by atoms with van der Waals surface area (Å²) in [6.07, 6.45) is 2.60. The summed E-state index contributed by atoms with van der Waals surface area (Å²) in [4.78, 5) is 23.2. The lowest BCUT2D eigenvalue weighted by atomic mass is 10.2. The van der Waals surface area contributed by atoms with Crippen LogP contribution < -0.4 is 14.8 Å². The largest absolute Gasteiger partial charge is 0.493 e. The number of nitrogens with zero attached hydrogens (tertiary/aromatic N) is 2. The van der Waals surface area contributed by atoms with Gasteiger partial charge >= 0.3 is 5.97 Å². The van der Waals surface area contributed by atoms with Crippen LogP contribution in [0, 0.1) is 0 Å². The SMILES string of the molecule is COC(=O)/C=C1/S/C(=N\N=Cc2ccc(OCc3ccc(Cl)cc3)c(OC)c2)NC1=O. The Labute approximate surface area is 187 Å². The van der Waals surface area contributed by atoms with Crippen LogP contribution in [0.2, 0.25) is 5.02 Å². The lowest BCUT2D eigenvalue weighted by molar-refractivity contribution is -0.135. The van der Waals surface area contributed by atoms with E-state index in [1.807, 2.05) is 12.1 Å². The number of halogens is 1. The van der Waals surface area contributed by atoms with Gasteiger partial charge in [0.15, 0.2) is 16.7 Å². The second kappa shape index (κ2) is 10.6. The Morgan fingerprint density at radius 1 is 1.16 bits per heavy atom. The van der Waals surface area contributed by atoms with E-state index in [0.717, 1.165) is 29.0 Å². The van der Waals surface area contributed by atoms with Gasteiger partial charge in [0.1, 0.15) is 6.61 Å². The summed E-state index contributed by atoms with van der Waals surface area (Å²) in [6, 6.07) is 12.7. The number of benzene rings is 2. The summed E-state index contributed by atoms with van der Waals surface area (Å²) in [6.45, 7) is 0.368. The number of ether oxygens (including phenoxy) is 3. The Kier molecular flexibility index (Phi) is 7.69. The Balaban J connectivity index is 1.64. The van der Waals surface area contributed by atoms with E-state index >= 15 is 0 Å². The van der Waals surface area contributed by atoms with Gasteiger partial charge in [0, 0.05) is 11.1 Å². The average Bonchev–Trinajstić information content (AvgIpc) is 3.12. The smallest absolute Gasteiger partial charge is 0.331 e. The number of thioether (sulfide) groups is 1. The van der Waals surface area contributed by atoms with Gasteiger partial charge in [-0.3, -0.25) is 10.1 Å². The molecule has 0 spiro atoms. The summed E-state index contributed by atoms with van der Waals surface area (Å²) in [5, 5.41) is 11.4. The molecule has 8 nitrogen and oxygen atoms in total. The second-order valence-electron chi connectivity index (χ2n) is 6.06. The molecule has 0 radical (unpaired) electrons. The number of carbonyl (C=O) groups excluding carboxylic acids is 2. The zero-order chi connectivity index (χ0) is 22.2. The van der Waals surface area contributed by atoms with Crippen LogP contribution in [0.25, 0.3) is 0 Å². The third-order valence-corrected chi connectivity index (χ3v) is 5.10. The van der Waals surface area contributed by atoms with Gasteiger partial charge in [-0.15, -0.1) is 5.10 Å². The normalized spacial score (nSPS) is 16.0. The number of hydrogen-bond acceptors (Lipinski definition) is 8. The highest BCUT2D eigenvalue weighted by Crippen LogP contribution is 2.29. The summed E-state index contributed by atoms with van der Waals surface area (Å²) in [5.74, 6) is 0.0654. The molecule has 0 aromatic heterocycles. The van der Waals surface area contributed by atoms with Crippen molar-refractivity contribution in [2.24, 2.45) is 10.2 Å². The van der Waals surface area contributed by atoms with E-state index < -0.39 is 11.9 Å². The van der Waals surface area contributed by atoms with Crippen molar-refractivity contribution in [3.8, 4) is 11.5 Å². The van der Waals surface area contributed by atoms with E-state index in [4.69, 9.17) is 21.1 Å². The van der Waals surface area contributed by atoms with Gasteiger partial charge in [0.25, 0.3) is 5.91 Å². The summed E-state index contributed by atoms with van der Waals surface area (Å²) < 4.78 is 15.7. The number of rotatable bonds is 7.